The minimum absolute atomic E-state index is 0.168. The maximum absolute atomic E-state index is 12.4. The summed E-state index contributed by atoms with van der Waals surface area (Å²) in [6.07, 6.45) is 5.71. The normalized spacial score (nSPS) is 18.4. The summed E-state index contributed by atoms with van der Waals surface area (Å²) in [5, 5.41) is 2.77. The highest BCUT2D eigenvalue weighted by atomic mass is 32.2. The third-order valence-electron chi connectivity index (χ3n) is 3.64. The molecule has 7 heteroatoms. The molecule has 0 unspecified atom stereocenters. The van der Waals surface area contributed by atoms with Gasteiger partial charge in [0.15, 0.2) is 0 Å². The van der Waals surface area contributed by atoms with E-state index >= 15 is 0 Å². The molecule has 0 spiro atoms. The average molecular weight is 284 g/mol. The molecule has 0 aliphatic carbocycles. The molecule has 6 nitrogen and oxygen atoms in total. The molecule has 0 radical (unpaired) electrons. The maximum Gasteiger partial charge on any atom is 0.246 e. The van der Waals surface area contributed by atoms with Gasteiger partial charge in [-0.25, -0.2) is 18.4 Å². The molecule has 0 saturated carbocycles. The van der Waals surface area contributed by atoms with Crippen LogP contribution in [0.5, 0.6) is 0 Å². The number of piperidine rings is 1. The molecule has 106 valence electrons. The van der Waals surface area contributed by atoms with Crippen LogP contribution in [0.15, 0.2) is 17.3 Å². The van der Waals surface area contributed by atoms with Crippen LogP contribution in [0.2, 0.25) is 0 Å². The highest BCUT2D eigenvalue weighted by Gasteiger charge is 2.29. The lowest BCUT2D eigenvalue weighted by molar-refractivity contribution is 0.269. The van der Waals surface area contributed by atoms with Crippen LogP contribution in [0.1, 0.15) is 26.2 Å². The Hall–Kier alpha value is -1.21. The van der Waals surface area contributed by atoms with Crippen LogP contribution in [0.3, 0.4) is 0 Å². The summed E-state index contributed by atoms with van der Waals surface area (Å²) in [5.74, 6) is 1.07. The Labute approximate surface area is 114 Å². The summed E-state index contributed by atoms with van der Waals surface area (Å²) in [6, 6.07) is 0. The van der Waals surface area contributed by atoms with Crippen LogP contribution < -0.4 is 5.32 Å². The first-order chi connectivity index (χ1) is 9.07. The maximum atomic E-state index is 12.4. The number of aromatic nitrogens is 2. The second-order valence-electron chi connectivity index (χ2n) is 4.75. The van der Waals surface area contributed by atoms with Gasteiger partial charge in [0.2, 0.25) is 16.0 Å². The molecule has 1 fully saturated rings. The second-order valence-corrected chi connectivity index (χ2v) is 6.69. The topological polar surface area (TPSA) is 75.2 Å². The zero-order valence-corrected chi connectivity index (χ0v) is 12.2. The first-order valence-corrected chi connectivity index (χ1v) is 8.02. The van der Waals surface area contributed by atoms with Gasteiger partial charge in [-0.3, -0.25) is 0 Å². The summed E-state index contributed by atoms with van der Waals surface area (Å²) < 4.78 is 26.4. The lowest BCUT2D eigenvalue weighted by Gasteiger charge is -2.30. The first-order valence-electron chi connectivity index (χ1n) is 6.58. The molecule has 0 bridgehead atoms. The molecule has 19 heavy (non-hydrogen) atoms. The predicted octanol–water partition coefficient (Wildman–Crippen LogP) is 1.33. The van der Waals surface area contributed by atoms with Gasteiger partial charge in [-0.1, -0.05) is 13.3 Å². The van der Waals surface area contributed by atoms with Gasteiger partial charge < -0.3 is 5.32 Å². The highest BCUT2D eigenvalue weighted by Crippen LogP contribution is 2.24. The Kier molecular flexibility index (Phi) is 4.36. The fraction of sp³-hybridized carbons (Fsp3) is 0.667. The average Bonchev–Trinajstić information content (AvgIpc) is 2.47. The van der Waals surface area contributed by atoms with Crippen molar-refractivity contribution in [1.29, 1.82) is 0 Å². The van der Waals surface area contributed by atoms with Crippen molar-refractivity contribution in [2.75, 3.05) is 25.5 Å². The van der Waals surface area contributed by atoms with Gasteiger partial charge in [0.1, 0.15) is 4.90 Å². The van der Waals surface area contributed by atoms with E-state index in [0.717, 1.165) is 19.3 Å². The summed E-state index contributed by atoms with van der Waals surface area (Å²) in [6.45, 7) is 3.34. The van der Waals surface area contributed by atoms with Crippen molar-refractivity contribution >= 4 is 16.0 Å². The summed E-state index contributed by atoms with van der Waals surface area (Å²) in [5.41, 5.74) is 0. The second kappa shape index (κ2) is 5.83. The first kappa shape index (κ1) is 14.2. The molecule has 2 rings (SSSR count). The van der Waals surface area contributed by atoms with E-state index in [1.54, 1.807) is 7.05 Å². The fourth-order valence-electron chi connectivity index (χ4n) is 2.29. The van der Waals surface area contributed by atoms with E-state index in [2.05, 4.69) is 22.2 Å². The van der Waals surface area contributed by atoms with Crippen molar-refractivity contribution in [2.24, 2.45) is 5.92 Å². The van der Waals surface area contributed by atoms with E-state index in [9.17, 15) is 8.42 Å². The number of nitrogens with one attached hydrogen (secondary N) is 1. The van der Waals surface area contributed by atoms with E-state index in [-0.39, 0.29) is 4.90 Å². The number of nitrogens with zero attached hydrogens (tertiary/aromatic N) is 3. The van der Waals surface area contributed by atoms with Gasteiger partial charge >= 0.3 is 0 Å². The number of anilines is 1. The van der Waals surface area contributed by atoms with Crippen molar-refractivity contribution in [3.05, 3.63) is 12.4 Å². The Morgan fingerprint density at radius 3 is 2.37 bits per heavy atom. The smallest absolute Gasteiger partial charge is 0.246 e. The third kappa shape index (κ3) is 3.03. The molecular formula is C12H20N4O2S. The van der Waals surface area contributed by atoms with Gasteiger partial charge in [0.05, 0.1) is 12.4 Å². The van der Waals surface area contributed by atoms with E-state index in [4.69, 9.17) is 0 Å². The van der Waals surface area contributed by atoms with E-state index < -0.39 is 10.0 Å². The van der Waals surface area contributed by atoms with Crippen LogP contribution in [-0.2, 0) is 10.0 Å². The fourth-order valence-corrected chi connectivity index (χ4v) is 3.65. The van der Waals surface area contributed by atoms with Crippen molar-refractivity contribution in [3.63, 3.8) is 0 Å². The zero-order valence-electron chi connectivity index (χ0n) is 11.3. The molecule has 0 amide bonds. The van der Waals surface area contributed by atoms with Crippen LogP contribution in [0.4, 0.5) is 5.95 Å². The molecule has 1 saturated heterocycles. The van der Waals surface area contributed by atoms with Crippen molar-refractivity contribution in [2.45, 2.75) is 31.1 Å². The van der Waals surface area contributed by atoms with Crippen molar-refractivity contribution in [1.82, 2.24) is 14.3 Å². The standard InChI is InChI=1S/C12H20N4O2S/c1-3-10-4-6-16(7-5-10)19(17,18)11-8-14-12(13-2)15-9-11/h8-10H,3-7H2,1-2H3,(H,13,14,15). The van der Waals surface area contributed by atoms with Gasteiger partial charge in [-0.15, -0.1) is 0 Å². The van der Waals surface area contributed by atoms with Crippen molar-refractivity contribution < 1.29 is 8.42 Å². The van der Waals surface area contributed by atoms with Crippen LogP contribution in [0, 0.1) is 5.92 Å². The molecule has 0 atom stereocenters. The molecular weight excluding hydrogens is 264 g/mol. The van der Waals surface area contributed by atoms with Gasteiger partial charge in [-0.2, -0.15) is 4.31 Å². The molecule has 1 aliphatic heterocycles. The molecule has 1 aromatic rings. The Bertz CT molecular complexity index is 507. The van der Waals surface area contributed by atoms with Crippen LogP contribution in [0.25, 0.3) is 0 Å². The minimum Gasteiger partial charge on any atom is -0.357 e. The van der Waals surface area contributed by atoms with Gasteiger partial charge in [-0.05, 0) is 18.8 Å². The summed E-state index contributed by atoms with van der Waals surface area (Å²) in [4.78, 5) is 8.09. The lowest BCUT2D eigenvalue weighted by Crippen LogP contribution is -2.38. The number of sulfonamides is 1. The number of rotatable bonds is 4. The van der Waals surface area contributed by atoms with Crippen LogP contribution >= 0.6 is 0 Å². The Morgan fingerprint density at radius 1 is 1.32 bits per heavy atom. The van der Waals surface area contributed by atoms with Crippen LogP contribution in [-0.4, -0.2) is 42.8 Å². The number of hydrogen-bond acceptors (Lipinski definition) is 5. The Balaban J connectivity index is 2.13. The lowest BCUT2D eigenvalue weighted by atomic mass is 9.96. The third-order valence-corrected chi connectivity index (χ3v) is 5.49. The quantitative estimate of drug-likeness (QED) is 0.902. The molecule has 0 aromatic carbocycles. The molecule has 1 N–H and O–H groups in total. The monoisotopic (exact) mass is 284 g/mol. The zero-order chi connectivity index (χ0) is 13.9. The van der Waals surface area contributed by atoms with E-state index in [1.807, 2.05) is 0 Å². The van der Waals surface area contributed by atoms with E-state index in [1.165, 1.54) is 16.7 Å². The van der Waals surface area contributed by atoms with Gasteiger partial charge in [0.25, 0.3) is 0 Å². The van der Waals surface area contributed by atoms with Gasteiger partial charge in [0, 0.05) is 20.1 Å². The van der Waals surface area contributed by atoms with Crippen molar-refractivity contribution in [3.8, 4) is 0 Å². The van der Waals surface area contributed by atoms with E-state index in [0.29, 0.717) is 25.0 Å². The highest BCUT2D eigenvalue weighted by molar-refractivity contribution is 7.89. The molecule has 1 aliphatic rings. The summed E-state index contributed by atoms with van der Waals surface area (Å²) >= 11 is 0. The number of hydrogen-bond donors (Lipinski definition) is 1. The molecule has 2 heterocycles. The largest absolute Gasteiger partial charge is 0.357 e. The minimum atomic E-state index is -3.44. The summed E-state index contributed by atoms with van der Waals surface area (Å²) in [7, 11) is -1.74. The Morgan fingerprint density at radius 2 is 1.89 bits per heavy atom. The predicted molar refractivity (Wildman–Crippen MR) is 73.4 cm³/mol. The SMILES string of the molecule is CCC1CCN(S(=O)(=O)c2cnc(NC)nc2)CC1. The molecule has 1 aromatic heterocycles.